The van der Waals surface area contributed by atoms with Gasteiger partial charge in [0.05, 0.1) is 12.1 Å². The van der Waals surface area contributed by atoms with Gasteiger partial charge in [0.2, 0.25) is 0 Å². The molecule has 5 nitrogen and oxygen atoms in total. The Morgan fingerprint density at radius 2 is 2.08 bits per heavy atom. The van der Waals surface area contributed by atoms with E-state index in [2.05, 4.69) is 9.72 Å². The topological polar surface area (TPSA) is 64.3 Å². The molecule has 0 bridgehead atoms. The summed E-state index contributed by atoms with van der Waals surface area (Å²) in [5, 5.41) is 10.1. The number of hydrogen-bond donors (Lipinski definition) is 1. The summed E-state index contributed by atoms with van der Waals surface area (Å²) in [5.41, 5.74) is -0.597. The van der Waals surface area contributed by atoms with Crippen LogP contribution in [0.25, 0.3) is 11.1 Å². The monoisotopic (exact) mass is 402 g/mol. The molecule has 0 atom stereocenters. The molecular formula is C16H10ClF3N2O3S. The summed E-state index contributed by atoms with van der Waals surface area (Å²) in [6, 6.07) is 6.15. The van der Waals surface area contributed by atoms with Crippen LogP contribution in [-0.4, -0.2) is 21.0 Å². The van der Waals surface area contributed by atoms with Gasteiger partial charge in [-0.25, -0.2) is 4.98 Å². The zero-order valence-electron chi connectivity index (χ0n) is 12.8. The first-order chi connectivity index (χ1) is 12.2. The average Bonchev–Trinajstić information content (AvgIpc) is 2.94. The number of aromatic hydroxyl groups is 1. The molecule has 1 aromatic carbocycles. The van der Waals surface area contributed by atoms with E-state index in [-0.39, 0.29) is 23.4 Å². The second kappa shape index (κ2) is 7.00. The highest BCUT2D eigenvalue weighted by Crippen LogP contribution is 2.30. The fourth-order valence-electron chi connectivity index (χ4n) is 2.33. The Labute approximate surface area is 153 Å². The maximum atomic E-state index is 12.7. The number of hydrogen-bond acceptors (Lipinski definition) is 5. The summed E-state index contributed by atoms with van der Waals surface area (Å²) < 4.78 is 42.7. The molecule has 3 aromatic rings. The van der Waals surface area contributed by atoms with E-state index >= 15 is 0 Å². The van der Waals surface area contributed by atoms with Crippen molar-refractivity contribution >= 4 is 22.9 Å². The number of aromatic nitrogens is 2. The highest BCUT2D eigenvalue weighted by molar-refractivity contribution is 7.15. The molecule has 136 valence electrons. The van der Waals surface area contributed by atoms with Crippen molar-refractivity contribution < 1.29 is 23.0 Å². The average molecular weight is 403 g/mol. The summed E-state index contributed by atoms with van der Waals surface area (Å²) in [6.45, 7) is 0.162. The lowest BCUT2D eigenvalue weighted by Gasteiger charge is -2.12. The molecule has 0 unspecified atom stereocenters. The summed E-state index contributed by atoms with van der Waals surface area (Å²) in [7, 11) is 0. The van der Waals surface area contributed by atoms with E-state index in [1.807, 2.05) is 0 Å². The first-order valence-corrected chi connectivity index (χ1v) is 8.31. The van der Waals surface area contributed by atoms with Crippen LogP contribution in [0.2, 0.25) is 4.47 Å². The molecule has 26 heavy (non-hydrogen) atoms. The molecular weight excluding hydrogens is 393 g/mol. The van der Waals surface area contributed by atoms with Gasteiger partial charge in [0, 0.05) is 17.3 Å². The fraction of sp³-hybridized carbons (Fsp3) is 0.125. The SMILES string of the molecule is O=c1c(-c2cccc(OC(F)(F)F)c2)c(O)ccn1Cc1cnc(Cl)s1. The number of benzene rings is 1. The Morgan fingerprint density at radius 3 is 2.73 bits per heavy atom. The lowest BCUT2D eigenvalue weighted by atomic mass is 10.1. The van der Waals surface area contributed by atoms with Crippen LogP contribution in [0.4, 0.5) is 13.2 Å². The van der Waals surface area contributed by atoms with Crippen molar-refractivity contribution in [3.8, 4) is 22.6 Å². The van der Waals surface area contributed by atoms with E-state index in [1.54, 1.807) is 0 Å². The van der Waals surface area contributed by atoms with Crippen LogP contribution in [0.5, 0.6) is 11.5 Å². The number of nitrogens with zero attached hydrogens (tertiary/aromatic N) is 2. The Hall–Kier alpha value is -2.52. The van der Waals surface area contributed by atoms with E-state index in [0.717, 1.165) is 12.1 Å². The molecule has 0 spiro atoms. The van der Waals surface area contributed by atoms with Crippen LogP contribution in [0.1, 0.15) is 4.88 Å². The van der Waals surface area contributed by atoms with Gasteiger partial charge in [-0.1, -0.05) is 23.7 Å². The summed E-state index contributed by atoms with van der Waals surface area (Å²) in [5.74, 6) is -0.837. The maximum Gasteiger partial charge on any atom is 0.573 e. The first kappa shape index (κ1) is 18.3. The molecule has 0 aliphatic carbocycles. The van der Waals surface area contributed by atoms with Gasteiger partial charge >= 0.3 is 6.36 Å². The van der Waals surface area contributed by atoms with Gasteiger partial charge in [-0.2, -0.15) is 0 Å². The smallest absolute Gasteiger partial charge is 0.507 e. The molecule has 3 rings (SSSR count). The quantitative estimate of drug-likeness (QED) is 0.707. The summed E-state index contributed by atoms with van der Waals surface area (Å²) >= 11 is 6.96. The van der Waals surface area contributed by atoms with Crippen LogP contribution in [0.15, 0.2) is 47.5 Å². The predicted octanol–water partition coefficient (Wildman–Crippen LogP) is 4.28. The third-order valence-electron chi connectivity index (χ3n) is 3.35. The molecule has 0 aliphatic heterocycles. The second-order valence-electron chi connectivity index (χ2n) is 5.16. The van der Waals surface area contributed by atoms with Crippen LogP contribution < -0.4 is 10.3 Å². The number of ether oxygens (including phenoxy) is 1. The van der Waals surface area contributed by atoms with Gasteiger partial charge in [0.15, 0.2) is 4.47 Å². The lowest BCUT2D eigenvalue weighted by molar-refractivity contribution is -0.274. The Morgan fingerprint density at radius 1 is 1.31 bits per heavy atom. The van der Waals surface area contributed by atoms with E-state index in [9.17, 15) is 23.1 Å². The molecule has 2 aromatic heterocycles. The number of pyridine rings is 1. The van der Waals surface area contributed by atoms with E-state index in [0.29, 0.717) is 9.34 Å². The van der Waals surface area contributed by atoms with E-state index in [1.165, 1.54) is 46.5 Å². The fourth-order valence-corrected chi connectivity index (χ4v) is 3.31. The van der Waals surface area contributed by atoms with Gasteiger partial charge in [-0.05, 0) is 23.8 Å². The molecule has 1 N–H and O–H groups in total. The second-order valence-corrected chi connectivity index (χ2v) is 6.86. The van der Waals surface area contributed by atoms with Gasteiger partial charge in [-0.3, -0.25) is 4.79 Å². The van der Waals surface area contributed by atoms with Gasteiger partial charge < -0.3 is 14.4 Å². The maximum absolute atomic E-state index is 12.7. The molecule has 10 heteroatoms. The highest BCUT2D eigenvalue weighted by atomic mass is 35.5. The predicted molar refractivity (Wildman–Crippen MR) is 90.7 cm³/mol. The lowest BCUT2D eigenvalue weighted by Crippen LogP contribution is -2.21. The van der Waals surface area contributed by atoms with Crippen molar-refractivity contribution in [2.24, 2.45) is 0 Å². The first-order valence-electron chi connectivity index (χ1n) is 7.12. The number of thiazole rings is 1. The molecule has 0 radical (unpaired) electrons. The molecule has 0 saturated carbocycles. The Bertz CT molecular complexity index is 1000. The van der Waals surface area contributed by atoms with Crippen molar-refractivity contribution in [2.75, 3.05) is 0 Å². The van der Waals surface area contributed by atoms with Crippen molar-refractivity contribution in [3.05, 3.63) is 62.4 Å². The Kier molecular flexibility index (Phi) is 4.92. The minimum absolute atomic E-state index is 0.103. The van der Waals surface area contributed by atoms with Gasteiger partial charge in [-0.15, -0.1) is 24.5 Å². The molecule has 0 amide bonds. The normalized spacial score (nSPS) is 11.5. The van der Waals surface area contributed by atoms with Crippen molar-refractivity contribution in [1.82, 2.24) is 9.55 Å². The van der Waals surface area contributed by atoms with Crippen molar-refractivity contribution in [3.63, 3.8) is 0 Å². The van der Waals surface area contributed by atoms with Gasteiger partial charge in [0.25, 0.3) is 5.56 Å². The number of rotatable bonds is 4. The highest BCUT2D eigenvalue weighted by Gasteiger charge is 2.31. The third kappa shape index (κ3) is 4.17. The zero-order chi connectivity index (χ0) is 18.9. The molecule has 0 saturated heterocycles. The molecule has 0 fully saturated rings. The molecule has 2 heterocycles. The Balaban J connectivity index is 2.01. The van der Waals surface area contributed by atoms with Crippen LogP contribution in [-0.2, 0) is 6.54 Å². The standard InChI is InChI=1S/C16H10ClF3N2O3S/c17-15-21-7-11(26-15)8-22-5-4-12(23)13(14(22)24)9-2-1-3-10(6-9)25-16(18,19)20/h1-7,23H,8H2. The van der Waals surface area contributed by atoms with Crippen molar-refractivity contribution in [2.45, 2.75) is 12.9 Å². The summed E-state index contributed by atoms with van der Waals surface area (Å²) in [4.78, 5) is 17.3. The van der Waals surface area contributed by atoms with Crippen LogP contribution in [0, 0.1) is 0 Å². The van der Waals surface area contributed by atoms with E-state index in [4.69, 9.17) is 11.6 Å². The van der Waals surface area contributed by atoms with E-state index < -0.39 is 17.7 Å². The van der Waals surface area contributed by atoms with Gasteiger partial charge in [0.1, 0.15) is 11.5 Å². The van der Waals surface area contributed by atoms with Crippen LogP contribution >= 0.6 is 22.9 Å². The number of halogens is 4. The zero-order valence-corrected chi connectivity index (χ0v) is 14.4. The minimum Gasteiger partial charge on any atom is -0.507 e. The van der Waals surface area contributed by atoms with Crippen molar-refractivity contribution in [1.29, 1.82) is 0 Å². The number of alkyl halides is 3. The summed E-state index contributed by atoms with van der Waals surface area (Å²) in [6.07, 6.45) is -1.96. The van der Waals surface area contributed by atoms with Crippen LogP contribution in [0.3, 0.4) is 0 Å². The molecule has 0 aliphatic rings. The third-order valence-corrected chi connectivity index (χ3v) is 4.45. The minimum atomic E-state index is -4.86. The largest absolute Gasteiger partial charge is 0.573 e.